The van der Waals surface area contributed by atoms with Gasteiger partial charge in [0.2, 0.25) is 11.5 Å². The minimum absolute atomic E-state index is 0.138. The number of para-hydroxylation sites is 1. The third-order valence-electron chi connectivity index (χ3n) is 2.86. The number of nitrogen functional groups attached to an aromatic ring is 1. The molecule has 6 heteroatoms. The molecular formula is C15H16N2O4. The van der Waals surface area contributed by atoms with Gasteiger partial charge in [-0.05, 0) is 49.7 Å². The Morgan fingerprint density at radius 1 is 1.19 bits per heavy atom. The van der Waals surface area contributed by atoms with Crippen molar-refractivity contribution in [3.8, 4) is 17.2 Å². The number of hydrogen-bond acceptors (Lipinski definition) is 5. The Kier molecular flexibility index (Phi) is 4.27. The number of benzene rings is 2. The molecule has 0 atom stereocenters. The summed E-state index contributed by atoms with van der Waals surface area (Å²) in [6.07, 6.45) is 0. The largest absolute Gasteiger partial charge is 0.487 e. The fourth-order valence-electron chi connectivity index (χ4n) is 1.94. The van der Waals surface area contributed by atoms with Crippen LogP contribution in [-0.2, 0) is 0 Å². The molecule has 2 N–H and O–H groups in total. The van der Waals surface area contributed by atoms with Gasteiger partial charge in [0.1, 0.15) is 5.75 Å². The average molecular weight is 288 g/mol. The van der Waals surface area contributed by atoms with Crippen LogP contribution < -0.4 is 15.2 Å². The van der Waals surface area contributed by atoms with E-state index in [1.165, 1.54) is 6.07 Å². The van der Waals surface area contributed by atoms with Crippen molar-refractivity contribution in [2.24, 2.45) is 0 Å². The van der Waals surface area contributed by atoms with Crippen LogP contribution in [0.3, 0.4) is 0 Å². The van der Waals surface area contributed by atoms with Crippen LogP contribution in [0, 0.1) is 17.0 Å². The van der Waals surface area contributed by atoms with Gasteiger partial charge in [0.15, 0.2) is 0 Å². The lowest BCUT2D eigenvalue weighted by Crippen LogP contribution is -2.00. The van der Waals surface area contributed by atoms with Crippen LogP contribution in [-0.4, -0.2) is 11.5 Å². The molecule has 0 bridgehead atoms. The summed E-state index contributed by atoms with van der Waals surface area (Å²) in [4.78, 5) is 10.8. The minimum atomic E-state index is -0.507. The fraction of sp³-hybridized carbons (Fsp3) is 0.200. The van der Waals surface area contributed by atoms with Crippen LogP contribution in [0.4, 0.5) is 11.4 Å². The van der Waals surface area contributed by atoms with Crippen molar-refractivity contribution in [3.63, 3.8) is 0 Å². The van der Waals surface area contributed by atoms with Gasteiger partial charge >= 0.3 is 5.69 Å². The lowest BCUT2D eigenvalue weighted by atomic mass is 10.2. The van der Waals surface area contributed by atoms with Gasteiger partial charge in [-0.1, -0.05) is 6.07 Å². The molecule has 0 aromatic heterocycles. The molecule has 0 unspecified atom stereocenters. The molecule has 0 spiro atoms. The van der Waals surface area contributed by atoms with Crippen molar-refractivity contribution in [2.75, 3.05) is 12.3 Å². The smallest absolute Gasteiger partial charge is 0.352 e. The van der Waals surface area contributed by atoms with Crippen molar-refractivity contribution >= 4 is 11.4 Å². The maximum atomic E-state index is 11.3. The second kappa shape index (κ2) is 6.13. The summed E-state index contributed by atoms with van der Waals surface area (Å²) in [6.45, 7) is 3.93. The molecule has 0 saturated heterocycles. The predicted molar refractivity (Wildman–Crippen MR) is 79.9 cm³/mol. The quantitative estimate of drug-likeness (QED) is 0.515. The molecule has 21 heavy (non-hydrogen) atoms. The second-order valence-corrected chi connectivity index (χ2v) is 4.42. The molecule has 0 amide bonds. The second-order valence-electron chi connectivity index (χ2n) is 4.42. The molecule has 0 saturated carbocycles. The Morgan fingerprint density at radius 3 is 2.52 bits per heavy atom. The zero-order valence-electron chi connectivity index (χ0n) is 11.8. The van der Waals surface area contributed by atoms with Gasteiger partial charge in [0.25, 0.3) is 0 Å². The number of nitro groups is 1. The van der Waals surface area contributed by atoms with Crippen LogP contribution in [0.15, 0.2) is 36.4 Å². The highest BCUT2D eigenvalue weighted by Gasteiger charge is 2.23. The normalized spacial score (nSPS) is 10.2. The van der Waals surface area contributed by atoms with E-state index in [-0.39, 0.29) is 17.2 Å². The topological polar surface area (TPSA) is 87.6 Å². The average Bonchev–Trinajstić information content (AvgIpc) is 2.42. The fourth-order valence-corrected chi connectivity index (χ4v) is 1.94. The Morgan fingerprint density at radius 2 is 1.90 bits per heavy atom. The van der Waals surface area contributed by atoms with E-state index in [2.05, 4.69) is 0 Å². The number of nitro benzene ring substituents is 1. The van der Waals surface area contributed by atoms with Gasteiger partial charge in [0.05, 0.1) is 11.5 Å². The number of nitrogens with zero attached hydrogens (tertiary/aromatic N) is 1. The minimum Gasteiger partial charge on any atom is -0.487 e. The van der Waals surface area contributed by atoms with Gasteiger partial charge in [-0.2, -0.15) is 0 Å². The van der Waals surface area contributed by atoms with Crippen LogP contribution >= 0.6 is 0 Å². The molecule has 0 radical (unpaired) electrons. The van der Waals surface area contributed by atoms with Crippen molar-refractivity contribution in [3.05, 3.63) is 52.1 Å². The predicted octanol–water partition coefficient (Wildman–Crippen LogP) is 3.68. The Bertz CT molecular complexity index is 671. The first-order valence-corrected chi connectivity index (χ1v) is 6.47. The monoisotopic (exact) mass is 288 g/mol. The molecule has 6 nitrogen and oxygen atoms in total. The maximum absolute atomic E-state index is 11.3. The van der Waals surface area contributed by atoms with E-state index >= 15 is 0 Å². The van der Waals surface area contributed by atoms with Gasteiger partial charge < -0.3 is 15.2 Å². The van der Waals surface area contributed by atoms with Crippen LogP contribution in [0.1, 0.15) is 12.5 Å². The third-order valence-corrected chi connectivity index (χ3v) is 2.86. The molecule has 0 aliphatic carbocycles. The Hall–Kier alpha value is -2.76. The van der Waals surface area contributed by atoms with Crippen molar-refractivity contribution in [2.45, 2.75) is 13.8 Å². The number of aryl methyl sites for hydroxylation is 1. The first kappa shape index (κ1) is 14.6. The summed E-state index contributed by atoms with van der Waals surface area (Å²) in [5, 5.41) is 11.3. The first-order chi connectivity index (χ1) is 10.0. The summed E-state index contributed by atoms with van der Waals surface area (Å²) in [6, 6.07) is 9.84. The number of nitrogens with two attached hydrogens (primary N) is 1. The first-order valence-electron chi connectivity index (χ1n) is 6.47. The number of rotatable bonds is 5. The van der Waals surface area contributed by atoms with E-state index in [0.29, 0.717) is 18.0 Å². The molecule has 110 valence electrons. The van der Waals surface area contributed by atoms with Crippen molar-refractivity contribution in [1.29, 1.82) is 0 Å². The number of hydrogen-bond donors (Lipinski definition) is 1. The third kappa shape index (κ3) is 3.22. The molecule has 0 aliphatic heterocycles. The molecule has 0 aliphatic rings. The molecular weight excluding hydrogens is 272 g/mol. The number of ether oxygens (including phenoxy) is 2. The van der Waals surface area contributed by atoms with Gasteiger partial charge in [0, 0.05) is 5.69 Å². The van der Waals surface area contributed by atoms with Crippen molar-refractivity contribution in [1.82, 2.24) is 0 Å². The van der Waals surface area contributed by atoms with Crippen LogP contribution in [0.25, 0.3) is 0 Å². The van der Waals surface area contributed by atoms with Gasteiger partial charge in [-0.3, -0.25) is 10.1 Å². The molecule has 0 fully saturated rings. The summed E-state index contributed by atoms with van der Waals surface area (Å²) < 4.78 is 11.0. The van der Waals surface area contributed by atoms with E-state index in [1.54, 1.807) is 37.3 Å². The highest BCUT2D eigenvalue weighted by atomic mass is 16.6. The van der Waals surface area contributed by atoms with E-state index in [4.69, 9.17) is 15.2 Å². The molecule has 2 aromatic carbocycles. The van der Waals surface area contributed by atoms with Gasteiger partial charge in [-0.15, -0.1) is 0 Å². The molecule has 2 rings (SSSR count). The van der Waals surface area contributed by atoms with E-state index in [1.807, 2.05) is 6.92 Å². The summed E-state index contributed by atoms with van der Waals surface area (Å²) in [5.41, 5.74) is 6.90. The van der Waals surface area contributed by atoms with Crippen LogP contribution in [0.2, 0.25) is 0 Å². The summed E-state index contributed by atoms with van der Waals surface area (Å²) in [7, 11) is 0. The summed E-state index contributed by atoms with van der Waals surface area (Å²) in [5.74, 6) is 0.841. The lowest BCUT2D eigenvalue weighted by molar-refractivity contribution is -0.386. The lowest BCUT2D eigenvalue weighted by Gasteiger charge is -2.11. The Labute approximate surface area is 122 Å². The van der Waals surface area contributed by atoms with Crippen molar-refractivity contribution < 1.29 is 14.4 Å². The van der Waals surface area contributed by atoms with E-state index in [0.717, 1.165) is 5.56 Å². The zero-order valence-corrected chi connectivity index (χ0v) is 11.8. The van der Waals surface area contributed by atoms with Gasteiger partial charge in [-0.25, -0.2) is 0 Å². The SMILES string of the molecule is CCOc1cccc(Oc2ccc(N)cc2C)c1[N+](=O)[O-]. The number of anilines is 1. The Balaban J connectivity index is 2.43. The maximum Gasteiger partial charge on any atom is 0.352 e. The van der Waals surface area contributed by atoms with E-state index < -0.39 is 4.92 Å². The summed E-state index contributed by atoms with van der Waals surface area (Å²) >= 11 is 0. The highest BCUT2D eigenvalue weighted by molar-refractivity contribution is 5.59. The highest BCUT2D eigenvalue weighted by Crippen LogP contribution is 2.39. The van der Waals surface area contributed by atoms with E-state index in [9.17, 15) is 10.1 Å². The molecule has 0 heterocycles. The van der Waals surface area contributed by atoms with Crippen LogP contribution in [0.5, 0.6) is 17.2 Å². The zero-order chi connectivity index (χ0) is 15.4. The molecule has 2 aromatic rings. The standard InChI is InChI=1S/C15H16N2O4/c1-3-20-13-5-4-6-14(15(13)17(18)19)21-12-8-7-11(16)9-10(12)2/h4-9H,3,16H2,1-2H3.